The van der Waals surface area contributed by atoms with E-state index in [0.717, 1.165) is 10.6 Å². The van der Waals surface area contributed by atoms with Gasteiger partial charge >= 0.3 is 0 Å². The highest BCUT2D eigenvalue weighted by Crippen LogP contribution is 2.35. The van der Waals surface area contributed by atoms with Gasteiger partial charge in [0, 0.05) is 22.2 Å². The Morgan fingerprint density at radius 1 is 1.02 bits per heavy atom. The number of amides is 3. The predicted molar refractivity (Wildman–Crippen MR) is 168 cm³/mol. The number of nitrogen functional groups attached to an aromatic ring is 1. The number of nitrogens with zero attached hydrogens (tertiary/aromatic N) is 2. The Balaban J connectivity index is 1.04. The molecule has 2 fully saturated rings. The van der Waals surface area contributed by atoms with Gasteiger partial charge in [-0.1, -0.05) is 6.07 Å². The molecule has 0 unspecified atom stereocenters. The van der Waals surface area contributed by atoms with Crippen molar-refractivity contribution in [2.24, 2.45) is 0 Å². The van der Waals surface area contributed by atoms with E-state index < -0.39 is 23.6 Å². The van der Waals surface area contributed by atoms with Crippen LogP contribution < -0.4 is 26.4 Å². The van der Waals surface area contributed by atoms with Crippen LogP contribution in [0.25, 0.3) is 0 Å². The number of benzene rings is 2. The average molecular weight is 647 g/mol. The lowest BCUT2D eigenvalue weighted by Crippen LogP contribution is -2.49. The molecule has 12 nitrogen and oxygen atoms in total. The zero-order chi connectivity index (χ0) is 32.1. The Morgan fingerprint density at radius 2 is 1.74 bits per heavy atom. The molecule has 2 aromatic carbocycles. The van der Waals surface area contributed by atoms with Crippen LogP contribution in [0.5, 0.6) is 11.5 Å². The Kier molecular flexibility index (Phi) is 9.10. The van der Waals surface area contributed by atoms with Gasteiger partial charge < -0.3 is 40.8 Å². The summed E-state index contributed by atoms with van der Waals surface area (Å²) in [4.78, 5) is 46.1. The smallest absolute Gasteiger partial charge is 0.251 e. The van der Waals surface area contributed by atoms with Crippen LogP contribution in [0.4, 0.5) is 21.7 Å². The van der Waals surface area contributed by atoms with E-state index in [1.807, 2.05) is 11.4 Å². The first-order chi connectivity index (χ1) is 22.2. The van der Waals surface area contributed by atoms with Crippen LogP contribution in [0.1, 0.15) is 21.7 Å². The van der Waals surface area contributed by atoms with Crippen molar-refractivity contribution in [3.63, 3.8) is 0 Å². The molecule has 0 bridgehead atoms. The Morgan fingerprint density at radius 3 is 2.46 bits per heavy atom. The minimum Gasteiger partial charge on any atom is -0.457 e. The second kappa shape index (κ2) is 13.5. The van der Waals surface area contributed by atoms with E-state index in [2.05, 4.69) is 20.9 Å². The van der Waals surface area contributed by atoms with Crippen LogP contribution in [-0.4, -0.2) is 65.7 Å². The van der Waals surface area contributed by atoms with Crippen molar-refractivity contribution >= 4 is 46.4 Å². The topological polar surface area (TPSA) is 157 Å². The van der Waals surface area contributed by atoms with E-state index >= 15 is 0 Å². The number of hydrogen-bond donors (Lipinski definition) is 4. The number of carbonyl (C=O) groups is 3. The number of anilines is 3. The largest absolute Gasteiger partial charge is 0.457 e. The van der Waals surface area contributed by atoms with Crippen molar-refractivity contribution in [1.82, 2.24) is 20.5 Å². The number of nitrogens with two attached hydrogens (primary N) is 1. The van der Waals surface area contributed by atoms with Gasteiger partial charge in [0.15, 0.2) is 5.79 Å². The van der Waals surface area contributed by atoms with Crippen LogP contribution in [0.15, 0.2) is 78.2 Å². The van der Waals surface area contributed by atoms with Crippen LogP contribution in [0.2, 0.25) is 0 Å². The van der Waals surface area contributed by atoms with Crippen molar-refractivity contribution in [3.05, 3.63) is 94.4 Å². The molecule has 46 heavy (non-hydrogen) atoms. The van der Waals surface area contributed by atoms with Crippen molar-refractivity contribution in [3.8, 4) is 11.5 Å². The zero-order valence-corrected chi connectivity index (χ0v) is 25.3. The highest BCUT2D eigenvalue weighted by atomic mass is 32.1. The quantitative estimate of drug-likeness (QED) is 0.201. The summed E-state index contributed by atoms with van der Waals surface area (Å²) in [7, 11) is 0. The van der Waals surface area contributed by atoms with Gasteiger partial charge in [-0.2, -0.15) is 0 Å². The van der Waals surface area contributed by atoms with E-state index in [1.165, 1.54) is 40.5 Å². The lowest BCUT2D eigenvalue weighted by molar-refractivity contribution is -0.152. The number of pyridine rings is 1. The van der Waals surface area contributed by atoms with Crippen molar-refractivity contribution in [2.45, 2.75) is 24.8 Å². The summed E-state index contributed by atoms with van der Waals surface area (Å²) < 4.78 is 30.4. The number of aromatic nitrogens is 1. The molecule has 0 aliphatic carbocycles. The van der Waals surface area contributed by atoms with E-state index in [0.29, 0.717) is 41.9 Å². The van der Waals surface area contributed by atoms with Crippen LogP contribution in [-0.2, 0) is 25.6 Å². The second-order valence-electron chi connectivity index (χ2n) is 10.7. The fourth-order valence-corrected chi connectivity index (χ4v) is 5.97. The first kappa shape index (κ1) is 31.0. The summed E-state index contributed by atoms with van der Waals surface area (Å²) in [5.41, 5.74) is 6.87. The van der Waals surface area contributed by atoms with E-state index in [-0.39, 0.29) is 37.8 Å². The average Bonchev–Trinajstić information content (AvgIpc) is 3.81. The lowest BCUT2D eigenvalue weighted by Gasteiger charge is -2.24. The van der Waals surface area contributed by atoms with Crippen molar-refractivity contribution < 1.29 is 33.0 Å². The molecule has 4 aromatic rings. The monoisotopic (exact) mass is 646 g/mol. The second-order valence-corrected chi connectivity index (χ2v) is 11.7. The molecule has 0 saturated carbocycles. The SMILES string of the molecule is Nc1cccc(Nc2csc(CNC(=O)[C@@H]3CC4(CN3C(=O)CNC(=O)c3ccc(Oc5ccc(F)cc5)cc3)OCCO4)c2)n1. The van der Waals surface area contributed by atoms with Gasteiger partial charge in [0.1, 0.15) is 35.0 Å². The third-order valence-corrected chi connectivity index (χ3v) is 8.36. The Labute approximate surface area is 267 Å². The highest BCUT2D eigenvalue weighted by molar-refractivity contribution is 7.10. The minimum absolute atomic E-state index is 0.0650. The molecule has 5 N–H and O–H groups in total. The molecule has 1 atom stereocenters. The molecule has 6 rings (SSSR count). The summed E-state index contributed by atoms with van der Waals surface area (Å²) >= 11 is 1.46. The summed E-state index contributed by atoms with van der Waals surface area (Å²) in [6.07, 6.45) is 0.173. The van der Waals surface area contributed by atoms with Gasteiger partial charge in [0.05, 0.1) is 38.5 Å². The maximum absolute atomic E-state index is 13.4. The van der Waals surface area contributed by atoms with Crippen molar-refractivity contribution in [1.29, 1.82) is 0 Å². The van der Waals surface area contributed by atoms with E-state index in [9.17, 15) is 18.8 Å². The minimum atomic E-state index is -1.06. The molecule has 1 spiro atoms. The van der Waals surface area contributed by atoms with Crippen molar-refractivity contribution in [2.75, 3.05) is 37.4 Å². The first-order valence-electron chi connectivity index (χ1n) is 14.5. The molecule has 2 saturated heterocycles. The molecule has 2 aliphatic heterocycles. The number of ether oxygens (including phenoxy) is 3. The summed E-state index contributed by atoms with van der Waals surface area (Å²) in [6.45, 7) is 0.710. The molecular formula is C32H31FN6O6S. The maximum Gasteiger partial charge on any atom is 0.251 e. The fourth-order valence-electron chi connectivity index (χ4n) is 5.21. The van der Waals surface area contributed by atoms with Crippen LogP contribution in [0, 0.1) is 5.82 Å². The maximum atomic E-state index is 13.4. The number of carbonyl (C=O) groups excluding carboxylic acids is 3. The zero-order valence-electron chi connectivity index (χ0n) is 24.5. The summed E-state index contributed by atoms with van der Waals surface area (Å²) in [6, 6.07) is 18.2. The Bertz CT molecular complexity index is 1710. The molecule has 3 amide bonds. The van der Waals surface area contributed by atoms with Gasteiger partial charge in [-0.15, -0.1) is 11.3 Å². The Hall–Kier alpha value is -5.05. The molecular weight excluding hydrogens is 615 g/mol. The van der Waals surface area contributed by atoms with Gasteiger partial charge in [-0.05, 0) is 66.7 Å². The number of hydrogen-bond acceptors (Lipinski definition) is 10. The van der Waals surface area contributed by atoms with E-state index in [4.69, 9.17) is 19.9 Å². The van der Waals surface area contributed by atoms with Gasteiger partial charge in [0.2, 0.25) is 11.8 Å². The fraction of sp³-hybridized carbons (Fsp3) is 0.250. The standard InChI is InChI=1S/C32H31FN6O6S/c33-21-6-10-24(11-7-21)45-23-8-4-20(5-9-23)30(41)36-17-29(40)39-19-32(43-12-13-44-32)15-26(39)31(42)35-16-25-14-22(18-46-25)37-28-3-1-2-27(34)38-28/h1-11,14,18,26H,12-13,15-17,19H2,(H,35,42)(H,36,41)(H3,34,37,38)/t26-/m0/s1. The molecule has 2 aliphatic rings. The van der Waals surface area contributed by atoms with E-state index in [1.54, 1.807) is 42.5 Å². The van der Waals surface area contributed by atoms with Gasteiger partial charge in [-0.25, -0.2) is 9.37 Å². The summed E-state index contributed by atoms with van der Waals surface area (Å²) in [5, 5.41) is 10.6. The molecule has 0 radical (unpaired) electrons. The summed E-state index contributed by atoms with van der Waals surface area (Å²) in [5.74, 6) is -0.790. The number of thiophene rings is 1. The first-order valence-corrected chi connectivity index (χ1v) is 15.4. The van der Waals surface area contributed by atoms with Gasteiger partial charge in [0.25, 0.3) is 5.91 Å². The van der Waals surface area contributed by atoms with Crippen LogP contribution >= 0.6 is 11.3 Å². The number of nitrogens with one attached hydrogen (secondary N) is 3. The molecule has 14 heteroatoms. The number of likely N-dealkylation sites (tertiary alicyclic amines) is 1. The molecule has 2 aromatic heterocycles. The highest BCUT2D eigenvalue weighted by Gasteiger charge is 2.52. The normalized spacial score (nSPS) is 16.7. The lowest BCUT2D eigenvalue weighted by atomic mass is 10.1. The molecule has 4 heterocycles. The third kappa shape index (κ3) is 7.42. The predicted octanol–water partition coefficient (Wildman–Crippen LogP) is 3.79. The number of rotatable bonds is 10. The molecule has 238 valence electrons. The number of halogens is 1. The third-order valence-electron chi connectivity index (χ3n) is 7.43. The van der Waals surface area contributed by atoms with Crippen LogP contribution in [0.3, 0.4) is 0 Å². The van der Waals surface area contributed by atoms with Gasteiger partial charge in [-0.3, -0.25) is 14.4 Å².